The van der Waals surface area contributed by atoms with Crippen LogP contribution in [0.5, 0.6) is 0 Å². The van der Waals surface area contributed by atoms with Crippen LogP contribution in [0.25, 0.3) is 0 Å². The smallest absolute Gasteiger partial charge is 0.236 e. The molecule has 4 N–H and O–H groups in total. The predicted molar refractivity (Wildman–Crippen MR) is 61.8 cm³/mol. The molecule has 2 bridgehead atoms. The molecule has 2 heterocycles. The van der Waals surface area contributed by atoms with Crippen molar-refractivity contribution in [2.45, 2.75) is 50.2 Å². The molecule has 4 nitrogen and oxygen atoms in total. The van der Waals surface area contributed by atoms with Crippen molar-refractivity contribution in [2.24, 2.45) is 11.5 Å². The second-order valence-corrected chi connectivity index (χ2v) is 4.48. The molecule has 0 spiro atoms. The second-order valence-electron chi connectivity index (χ2n) is 4.48. The standard InChI is InChI=1S/C10H19N3O.ClH/c11-6-10(14)13-8-2-1-3-9(13)5-7(12)4-8;/h7-9H,1-6,11-12H2;1H. The topological polar surface area (TPSA) is 72.4 Å². The third kappa shape index (κ3) is 2.44. The van der Waals surface area contributed by atoms with Gasteiger partial charge in [0.2, 0.25) is 5.91 Å². The highest BCUT2D eigenvalue weighted by molar-refractivity contribution is 5.85. The Kier molecular flexibility index (Phi) is 4.37. The summed E-state index contributed by atoms with van der Waals surface area (Å²) in [4.78, 5) is 13.7. The molecule has 2 saturated heterocycles. The van der Waals surface area contributed by atoms with Gasteiger partial charge in [-0.15, -0.1) is 12.4 Å². The lowest BCUT2D eigenvalue weighted by Crippen LogP contribution is -2.58. The summed E-state index contributed by atoms with van der Waals surface area (Å²) in [5.74, 6) is 0.103. The van der Waals surface area contributed by atoms with Crippen molar-refractivity contribution in [1.82, 2.24) is 4.90 Å². The molecule has 2 aliphatic heterocycles. The summed E-state index contributed by atoms with van der Waals surface area (Å²) < 4.78 is 0. The zero-order chi connectivity index (χ0) is 10.1. The summed E-state index contributed by atoms with van der Waals surface area (Å²) in [5, 5.41) is 0. The maximum Gasteiger partial charge on any atom is 0.236 e. The molecule has 2 rings (SSSR count). The quantitative estimate of drug-likeness (QED) is 0.682. The van der Waals surface area contributed by atoms with Gasteiger partial charge >= 0.3 is 0 Å². The fourth-order valence-electron chi connectivity index (χ4n) is 2.94. The Labute approximate surface area is 96.8 Å². The minimum Gasteiger partial charge on any atom is -0.336 e. The van der Waals surface area contributed by atoms with Crippen molar-refractivity contribution in [3.8, 4) is 0 Å². The summed E-state index contributed by atoms with van der Waals surface area (Å²) in [6.07, 6.45) is 5.37. The van der Waals surface area contributed by atoms with Gasteiger partial charge in [0, 0.05) is 18.1 Å². The van der Waals surface area contributed by atoms with Crippen LogP contribution in [0.3, 0.4) is 0 Å². The van der Waals surface area contributed by atoms with Gasteiger partial charge in [-0.1, -0.05) is 0 Å². The second kappa shape index (κ2) is 5.14. The van der Waals surface area contributed by atoms with Crippen molar-refractivity contribution >= 4 is 18.3 Å². The largest absolute Gasteiger partial charge is 0.336 e. The average molecular weight is 234 g/mol. The Hall–Kier alpha value is -0.320. The van der Waals surface area contributed by atoms with Crippen LogP contribution in [0, 0.1) is 0 Å². The van der Waals surface area contributed by atoms with E-state index in [0.717, 1.165) is 25.7 Å². The molecule has 0 aliphatic carbocycles. The molecule has 1 amide bonds. The molecule has 15 heavy (non-hydrogen) atoms. The number of piperidine rings is 2. The highest BCUT2D eigenvalue weighted by Crippen LogP contribution is 2.33. The molecule has 0 aromatic rings. The lowest BCUT2D eigenvalue weighted by atomic mass is 9.82. The van der Waals surface area contributed by atoms with Gasteiger partial charge in [0.05, 0.1) is 6.54 Å². The Morgan fingerprint density at radius 1 is 1.27 bits per heavy atom. The Bertz CT molecular complexity index is 223. The average Bonchev–Trinajstić information content (AvgIpc) is 2.15. The fraction of sp³-hybridized carbons (Fsp3) is 0.900. The maximum atomic E-state index is 11.6. The molecule has 2 unspecified atom stereocenters. The summed E-state index contributed by atoms with van der Waals surface area (Å²) >= 11 is 0. The zero-order valence-electron chi connectivity index (χ0n) is 8.89. The molecule has 2 atom stereocenters. The van der Waals surface area contributed by atoms with Crippen LogP contribution in [0.2, 0.25) is 0 Å². The summed E-state index contributed by atoms with van der Waals surface area (Å²) in [5.41, 5.74) is 11.4. The number of halogens is 1. The molecular formula is C10H20ClN3O. The molecule has 5 heteroatoms. The Morgan fingerprint density at radius 2 is 1.80 bits per heavy atom. The van der Waals surface area contributed by atoms with Gasteiger partial charge in [0.15, 0.2) is 0 Å². The Balaban J connectivity index is 0.00000112. The minimum absolute atomic E-state index is 0. The SMILES string of the molecule is Cl.NCC(=O)N1C2CCCC1CC(N)C2. The lowest BCUT2D eigenvalue weighted by Gasteiger charge is -2.48. The molecule has 2 aliphatic rings. The first-order chi connectivity index (χ1) is 6.72. The van der Waals surface area contributed by atoms with Crippen molar-refractivity contribution in [1.29, 1.82) is 0 Å². The van der Waals surface area contributed by atoms with E-state index in [1.54, 1.807) is 0 Å². The van der Waals surface area contributed by atoms with Gasteiger partial charge in [-0.25, -0.2) is 0 Å². The van der Waals surface area contributed by atoms with Crippen molar-refractivity contribution in [2.75, 3.05) is 6.54 Å². The summed E-state index contributed by atoms with van der Waals surface area (Å²) in [7, 11) is 0. The van der Waals surface area contributed by atoms with Gasteiger partial charge in [-0.2, -0.15) is 0 Å². The van der Waals surface area contributed by atoms with Crippen molar-refractivity contribution in [3.63, 3.8) is 0 Å². The van der Waals surface area contributed by atoms with E-state index in [1.165, 1.54) is 6.42 Å². The van der Waals surface area contributed by atoms with Gasteiger partial charge in [-0.05, 0) is 32.1 Å². The number of fused-ring (bicyclic) bond motifs is 2. The van der Waals surface area contributed by atoms with Crippen LogP contribution < -0.4 is 11.5 Å². The number of carbonyl (C=O) groups is 1. The highest BCUT2D eigenvalue weighted by atomic mass is 35.5. The summed E-state index contributed by atoms with van der Waals surface area (Å²) in [6.45, 7) is 0.141. The predicted octanol–water partition coefficient (Wildman–Crippen LogP) is 0.238. The molecule has 0 aromatic carbocycles. The van der Waals surface area contributed by atoms with Crippen LogP contribution in [0.1, 0.15) is 32.1 Å². The van der Waals surface area contributed by atoms with Gasteiger partial charge in [0.25, 0.3) is 0 Å². The molecule has 0 aromatic heterocycles. The minimum atomic E-state index is 0. The van der Waals surface area contributed by atoms with E-state index >= 15 is 0 Å². The first-order valence-corrected chi connectivity index (χ1v) is 5.49. The van der Waals surface area contributed by atoms with E-state index in [9.17, 15) is 4.79 Å². The highest BCUT2D eigenvalue weighted by Gasteiger charge is 2.38. The normalized spacial score (nSPS) is 34.5. The van der Waals surface area contributed by atoms with Gasteiger partial charge in [0.1, 0.15) is 0 Å². The monoisotopic (exact) mass is 233 g/mol. The maximum absolute atomic E-state index is 11.6. The fourth-order valence-corrected chi connectivity index (χ4v) is 2.94. The van der Waals surface area contributed by atoms with Gasteiger partial charge in [-0.3, -0.25) is 4.79 Å². The van der Waals surface area contributed by atoms with Crippen LogP contribution in [-0.2, 0) is 4.79 Å². The van der Waals surface area contributed by atoms with Crippen molar-refractivity contribution in [3.05, 3.63) is 0 Å². The van der Waals surface area contributed by atoms with Crippen LogP contribution in [-0.4, -0.2) is 35.5 Å². The molecule has 88 valence electrons. The number of rotatable bonds is 1. The first-order valence-electron chi connectivity index (χ1n) is 5.49. The van der Waals surface area contributed by atoms with E-state index in [2.05, 4.69) is 0 Å². The van der Waals surface area contributed by atoms with E-state index in [0.29, 0.717) is 12.1 Å². The third-order valence-corrected chi connectivity index (χ3v) is 3.47. The van der Waals surface area contributed by atoms with E-state index in [1.807, 2.05) is 4.90 Å². The molecule has 0 radical (unpaired) electrons. The van der Waals surface area contributed by atoms with Crippen molar-refractivity contribution < 1.29 is 4.79 Å². The van der Waals surface area contributed by atoms with Gasteiger partial charge < -0.3 is 16.4 Å². The third-order valence-electron chi connectivity index (χ3n) is 3.47. The van der Waals surface area contributed by atoms with Crippen LogP contribution >= 0.6 is 12.4 Å². The number of amides is 1. The summed E-state index contributed by atoms with van der Waals surface area (Å²) in [6, 6.07) is 1.02. The lowest BCUT2D eigenvalue weighted by molar-refractivity contribution is -0.139. The number of carbonyl (C=O) groups excluding carboxylic acids is 1. The first kappa shape index (κ1) is 12.7. The van der Waals surface area contributed by atoms with E-state index in [4.69, 9.17) is 11.5 Å². The molecule has 0 saturated carbocycles. The Morgan fingerprint density at radius 3 is 2.27 bits per heavy atom. The number of nitrogens with zero attached hydrogens (tertiary/aromatic N) is 1. The molecular weight excluding hydrogens is 214 g/mol. The number of hydrogen-bond acceptors (Lipinski definition) is 3. The van der Waals surface area contributed by atoms with Crippen LogP contribution in [0.15, 0.2) is 0 Å². The van der Waals surface area contributed by atoms with E-state index in [-0.39, 0.29) is 30.9 Å². The van der Waals surface area contributed by atoms with E-state index < -0.39 is 0 Å². The number of nitrogens with two attached hydrogens (primary N) is 2. The molecule has 2 fully saturated rings. The van der Waals surface area contributed by atoms with Crippen LogP contribution in [0.4, 0.5) is 0 Å². The number of hydrogen-bond donors (Lipinski definition) is 2. The zero-order valence-corrected chi connectivity index (χ0v) is 9.71.